The van der Waals surface area contributed by atoms with E-state index in [0.717, 1.165) is 5.69 Å². The summed E-state index contributed by atoms with van der Waals surface area (Å²) in [6.45, 7) is 2.40. The average Bonchev–Trinajstić information content (AvgIpc) is 2.44. The molecule has 2 rings (SSSR count). The van der Waals surface area contributed by atoms with Crippen LogP contribution in [0.5, 0.6) is 5.88 Å². The molecule has 0 fully saturated rings. The highest BCUT2D eigenvalue weighted by Gasteiger charge is 2.09. The number of hydrogen-bond donors (Lipinski definition) is 2. The van der Waals surface area contributed by atoms with Crippen molar-refractivity contribution >= 4 is 29.0 Å². The number of nitrogens with two attached hydrogens (primary N) is 1. The molecule has 0 aliphatic heterocycles. The average molecular weight is 276 g/mol. The molecular formula is C13H16N4OS. The minimum Gasteiger partial charge on any atom is -0.476 e. The van der Waals surface area contributed by atoms with Crippen molar-refractivity contribution < 1.29 is 4.74 Å². The molecule has 0 bridgehead atoms. The van der Waals surface area contributed by atoms with E-state index in [4.69, 9.17) is 10.5 Å². The number of rotatable bonds is 5. The van der Waals surface area contributed by atoms with Crippen molar-refractivity contribution in [2.24, 2.45) is 0 Å². The van der Waals surface area contributed by atoms with Gasteiger partial charge in [0.2, 0.25) is 5.88 Å². The predicted molar refractivity (Wildman–Crippen MR) is 79.1 cm³/mol. The first-order valence-corrected chi connectivity index (χ1v) is 7.11. The van der Waals surface area contributed by atoms with Gasteiger partial charge < -0.3 is 15.8 Å². The van der Waals surface area contributed by atoms with Crippen molar-refractivity contribution in [1.82, 2.24) is 9.97 Å². The maximum Gasteiger partial charge on any atom is 0.242 e. The van der Waals surface area contributed by atoms with Crippen molar-refractivity contribution in [3.8, 4) is 5.88 Å². The molecule has 19 heavy (non-hydrogen) atoms. The maximum absolute atomic E-state index is 5.97. The van der Waals surface area contributed by atoms with E-state index < -0.39 is 0 Å². The van der Waals surface area contributed by atoms with Gasteiger partial charge in [0.15, 0.2) is 5.82 Å². The Balaban J connectivity index is 2.25. The van der Waals surface area contributed by atoms with Gasteiger partial charge in [0.25, 0.3) is 0 Å². The van der Waals surface area contributed by atoms with Crippen LogP contribution < -0.4 is 15.8 Å². The van der Waals surface area contributed by atoms with Crippen LogP contribution in [0.3, 0.4) is 0 Å². The third-order valence-corrected chi connectivity index (χ3v) is 3.19. The van der Waals surface area contributed by atoms with E-state index >= 15 is 0 Å². The van der Waals surface area contributed by atoms with Crippen molar-refractivity contribution in [2.45, 2.75) is 11.8 Å². The van der Waals surface area contributed by atoms with E-state index in [1.807, 2.05) is 37.4 Å². The van der Waals surface area contributed by atoms with Crippen LogP contribution in [0.15, 0.2) is 35.5 Å². The third kappa shape index (κ3) is 3.29. The Bertz CT molecular complexity index is 562. The summed E-state index contributed by atoms with van der Waals surface area (Å²) in [6.07, 6.45) is 3.47. The summed E-state index contributed by atoms with van der Waals surface area (Å²) in [4.78, 5) is 9.31. The fourth-order valence-electron chi connectivity index (χ4n) is 1.57. The molecule has 1 heterocycles. The number of ether oxygens (including phenoxy) is 1. The first kappa shape index (κ1) is 13.5. The molecule has 0 spiro atoms. The molecule has 6 heteroatoms. The largest absolute Gasteiger partial charge is 0.476 e. The van der Waals surface area contributed by atoms with Gasteiger partial charge in [0.1, 0.15) is 12.0 Å². The third-order valence-electron chi connectivity index (χ3n) is 2.46. The Kier molecular flexibility index (Phi) is 4.46. The molecule has 100 valence electrons. The summed E-state index contributed by atoms with van der Waals surface area (Å²) < 4.78 is 5.34. The highest BCUT2D eigenvalue weighted by atomic mass is 32.2. The van der Waals surface area contributed by atoms with Gasteiger partial charge in [-0.15, -0.1) is 11.8 Å². The lowest BCUT2D eigenvalue weighted by molar-refractivity contribution is 0.328. The lowest BCUT2D eigenvalue weighted by Crippen LogP contribution is -2.05. The minimum absolute atomic E-state index is 0.404. The van der Waals surface area contributed by atoms with Crippen molar-refractivity contribution in [3.63, 3.8) is 0 Å². The summed E-state index contributed by atoms with van der Waals surface area (Å²) in [7, 11) is 0. The zero-order valence-corrected chi connectivity index (χ0v) is 11.7. The summed E-state index contributed by atoms with van der Waals surface area (Å²) >= 11 is 1.68. The molecule has 0 radical (unpaired) electrons. The van der Waals surface area contributed by atoms with E-state index in [-0.39, 0.29) is 0 Å². The SMILES string of the molecule is CCOc1ncnc(Nc2cccc(SC)c2)c1N. The Hall–Kier alpha value is -1.95. The normalized spacial score (nSPS) is 10.2. The zero-order valence-electron chi connectivity index (χ0n) is 10.9. The van der Waals surface area contributed by atoms with Gasteiger partial charge in [-0.25, -0.2) is 4.98 Å². The van der Waals surface area contributed by atoms with Crippen molar-refractivity contribution in [1.29, 1.82) is 0 Å². The molecule has 2 aromatic rings. The Morgan fingerprint density at radius 3 is 2.95 bits per heavy atom. The van der Waals surface area contributed by atoms with Crippen LogP contribution in [-0.4, -0.2) is 22.8 Å². The highest BCUT2D eigenvalue weighted by molar-refractivity contribution is 7.98. The molecular weight excluding hydrogens is 260 g/mol. The molecule has 0 atom stereocenters. The topological polar surface area (TPSA) is 73.1 Å². The predicted octanol–water partition coefficient (Wildman–Crippen LogP) is 2.92. The molecule has 0 saturated heterocycles. The van der Waals surface area contributed by atoms with E-state index in [0.29, 0.717) is 24.0 Å². The van der Waals surface area contributed by atoms with Gasteiger partial charge in [0.05, 0.1) is 6.61 Å². The van der Waals surface area contributed by atoms with Crippen molar-refractivity contribution in [3.05, 3.63) is 30.6 Å². The minimum atomic E-state index is 0.404. The van der Waals surface area contributed by atoms with Crippen LogP contribution in [-0.2, 0) is 0 Å². The number of aromatic nitrogens is 2. The molecule has 0 saturated carbocycles. The van der Waals surface area contributed by atoms with Crippen LogP contribution in [0.4, 0.5) is 17.2 Å². The standard InChI is InChI=1S/C13H16N4OS/c1-3-18-13-11(14)12(15-8-16-13)17-9-5-4-6-10(7-9)19-2/h4-8H,3,14H2,1-2H3,(H,15,16,17). The number of hydrogen-bond acceptors (Lipinski definition) is 6. The second kappa shape index (κ2) is 6.29. The quantitative estimate of drug-likeness (QED) is 0.818. The number of thioether (sulfide) groups is 1. The van der Waals surface area contributed by atoms with Gasteiger partial charge in [-0.1, -0.05) is 6.07 Å². The number of nitrogens with zero attached hydrogens (tertiary/aromatic N) is 2. The molecule has 0 unspecified atom stereocenters. The fraction of sp³-hybridized carbons (Fsp3) is 0.231. The summed E-state index contributed by atoms with van der Waals surface area (Å²) in [5, 5.41) is 3.18. The van der Waals surface area contributed by atoms with E-state index in [9.17, 15) is 0 Å². The summed E-state index contributed by atoms with van der Waals surface area (Å²) in [6, 6.07) is 8.02. The lowest BCUT2D eigenvalue weighted by atomic mass is 10.3. The number of nitrogen functional groups attached to an aromatic ring is 1. The highest BCUT2D eigenvalue weighted by Crippen LogP contribution is 2.28. The molecule has 0 amide bonds. The van der Waals surface area contributed by atoms with E-state index in [1.165, 1.54) is 11.2 Å². The molecule has 0 aliphatic rings. The first-order chi connectivity index (χ1) is 9.24. The van der Waals surface area contributed by atoms with Gasteiger partial charge in [-0.2, -0.15) is 4.98 Å². The second-order valence-corrected chi connectivity index (χ2v) is 4.61. The Morgan fingerprint density at radius 2 is 2.21 bits per heavy atom. The molecule has 3 N–H and O–H groups in total. The summed E-state index contributed by atoms with van der Waals surface area (Å²) in [5.74, 6) is 0.956. The van der Waals surface area contributed by atoms with Crippen molar-refractivity contribution in [2.75, 3.05) is 23.9 Å². The zero-order chi connectivity index (χ0) is 13.7. The van der Waals surface area contributed by atoms with E-state index in [1.54, 1.807) is 11.8 Å². The van der Waals surface area contributed by atoms with Gasteiger partial charge >= 0.3 is 0 Å². The number of anilines is 3. The van der Waals surface area contributed by atoms with Gasteiger partial charge in [-0.3, -0.25) is 0 Å². The van der Waals surface area contributed by atoms with E-state index in [2.05, 4.69) is 15.3 Å². The van der Waals surface area contributed by atoms with Crippen LogP contribution in [0, 0.1) is 0 Å². The molecule has 1 aromatic carbocycles. The molecule has 0 aliphatic carbocycles. The lowest BCUT2D eigenvalue weighted by Gasteiger charge is -2.11. The number of benzene rings is 1. The Labute approximate surface area is 116 Å². The van der Waals surface area contributed by atoms with Crippen LogP contribution in [0.1, 0.15) is 6.92 Å². The van der Waals surface area contributed by atoms with Gasteiger partial charge in [0, 0.05) is 10.6 Å². The molecule has 5 nitrogen and oxygen atoms in total. The number of nitrogens with one attached hydrogen (secondary N) is 1. The maximum atomic E-state index is 5.97. The van der Waals surface area contributed by atoms with Crippen LogP contribution in [0.25, 0.3) is 0 Å². The first-order valence-electron chi connectivity index (χ1n) is 5.89. The molecule has 1 aromatic heterocycles. The Morgan fingerprint density at radius 1 is 1.37 bits per heavy atom. The fourth-order valence-corrected chi connectivity index (χ4v) is 2.03. The van der Waals surface area contributed by atoms with Gasteiger partial charge in [-0.05, 0) is 31.4 Å². The smallest absolute Gasteiger partial charge is 0.242 e. The van der Waals surface area contributed by atoms with Crippen LogP contribution >= 0.6 is 11.8 Å². The summed E-state index contributed by atoms with van der Waals surface area (Å²) in [5.41, 5.74) is 7.32. The second-order valence-electron chi connectivity index (χ2n) is 3.73. The monoisotopic (exact) mass is 276 g/mol. The van der Waals surface area contributed by atoms with Crippen LogP contribution in [0.2, 0.25) is 0 Å².